The standard InChI is InChI=1S/C15H21F2N3O/c1-19-5-7-20(8-6-19)4-2-3-18-15(21)12-9-13(16)11-14(17)10-12/h9-11H,2-8H2,1H3,(H,18,21). The third-order valence-corrected chi connectivity index (χ3v) is 3.66. The van der Waals surface area contributed by atoms with Crippen LogP contribution in [0.25, 0.3) is 0 Å². The van der Waals surface area contributed by atoms with Crippen molar-refractivity contribution < 1.29 is 13.6 Å². The molecule has 1 aromatic carbocycles. The van der Waals surface area contributed by atoms with Crippen LogP contribution in [0.4, 0.5) is 8.78 Å². The summed E-state index contributed by atoms with van der Waals surface area (Å²) in [5.74, 6) is -1.91. The molecule has 1 N–H and O–H groups in total. The number of nitrogens with zero attached hydrogens (tertiary/aromatic N) is 2. The first-order chi connectivity index (χ1) is 10.0. The van der Waals surface area contributed by atoms with E-state index in [0.717, 1.165) is 57.3 Å². The number of likely N-dealkylation sites (N-methyl/N-ethyl adjacent to an activating group) is 1. The van der Waals surface area contributed by atoms with Gasteiger partial charge in [-0.05, 0) is 32.1 Å². The second-order valence-corrected chi connectivity index (χ2v) is 5.41. The summed E-state index contributed by atoms with van der Waals surface area (Å²) in [7, 11) is 2.11. The first-order valence-electron chi connectivity index (χ1n) is 7.20. The fourth-order valence-corrected chi connectivity index (χ4v) is 2.36. The van der Waals surface area contributed by atoms with E-state index in [-0.39, 0.29) is 5.56 Å². The lowest BCUT2D eigenvalue weighted by Crippen LogP contribution is -2.45. The predicted octanol–water partition coefficient (Wildman–Crippen LogP) is 1.33. The number of rotatable bonds is 5. The van der Waals surface area contributed by atoms with Crippen LogP contribution >= 0.6 is 0 Å². The molecular weight excluding hydrogens is 276 g/mol. The number of carbonyl (C=O) groups excluding carboxylic acids is 1. The zero-order valence-electron chi connectivity index (χ0n) is 12.2. The van der Waals surface area contributed by atoms with Gasteiger partial charge in [0.15, 0.2) is 0 Å². The van der Waals surface area contributed by atoms with Crippen LogP contribution in [0.1, 0.15) is 16.8 Å². The molecule has 0 unspecified atom stereocenters. The number of benzene rings is 1. The summed E-state index contributed by atoms with van der Waals surface area (Å²) >= 11 is 0. The molecule has 1 aliphatic rings. The first kappa shape index (κ1) is 15.9. The topological polar surface area (TPSA) is 35.6 Å². The van der Waals surface area contributed by atoms with E-state index in [9.17, 15) is 13.6 Å². The van der Waals surface area contributed by atoms with Crippen molar-refractivity contribution >= 4 is 5.91 Å². The van der Waals surface area contributed by atoms with Crippen LogP contribution in [0.15, 0.2) is 18.2 Å². The molecule has 1 heterocycles. The first-order valence-corrected chi connectivity index (χ1v) is 7.20. The van der Waals surface area contributed by atoms with Crippen molar-refractivity contribution in [3.8, 4) is 0 Å². The number of nitrogens with one attached hydrogen (secondary N) is 1. The molecule has 1 aliphatic heterocycles. The van der Waals surface area contributed by atoms with Crippen LogP contribution < -0.4 is 5.32 Å². The van der Waals surface area contributed by atoms with Crippen LogP contribution in [-0.2, 0) is 0 Å². The molecule has 0 atom stereocenters. The zero-order chi connectivity index (χ0) is 15.2. The lowest BCUT2D eigenvalue weighted by molar-refractivity contribution is 0.0948. The largest absolute Gasteiger partial charge is 0.352 e. The Morgan fingerprint density at radius 3 is 2.38 bits per heavy atom. The molecule has 1 fully saturated rings. The van der Waals surface area contributed by atoms with Crippen molar-refractivity contribution in [2.75, 3.05) is 46.3 Å². The maximum absolute atomic E-state index is 13.0. The molecule has 2 rings (SSSR count). The van der Waals surface area contributed by atoms with Crippen molar-refractivity contribution in [3.05, 3.63) is 35.4 Å². The predicted molar refractivity (Wildman–Crippen MR) is 77.2 cm³/mol. The highest BCUT2D eigenvalue weighted by atomic mass is 19.1. The van der Waals surface area contributed by atoms with Gasteiger partial charge in [0, 0.05) is 44.4 Å². The van der Waals surface area contributed by atoms with Gasteiger partial charge in [-0.25, -0.2) is 8.78 Å². The second kappa shape index (κ2) is 7.47. The molecular formula is C15H21F2N3O. The minimum absolute atomic E-state index is 0.0205. The molecule has 0 aliphatic carbocycles. The number of amides is 1. The Bertz CT molecular complexity index is 468. The molecule has 6 heteroatoms. The Balaban J connectivity index is 1.69. The Hall–Kier alpha value is -1.53. The van der Waals surface area contributed by atoms with E-state index in [4.69, 9.17) is 0 Å². The van der Waals surface area contributed by atoms with Gasteiger partial charge in [-0.15, -0.1) is 0 Å². The van der Waals surface area contributed by atoms with Gasteiger partial charge in [0.25, 0.3) is 5.91 Å². The second-order valence-electron chi connectivity index (χ2n) is 5.41. The number of halogens is 2. The molecule has 1 saturated heterocycles. The van der Waals surface area contributed by atoms with Gasteiger partial charge in [0.2, 0.25) is 0 Å². The zero-order valence-corrected chi connectivity index (χ0v) is 12.2. The van der Waals surface area contributed by atoms with Crippen LogP contribution in [-0.4, -0.2) is 62.0 Å². The molecule has 21 heavy (non-hydrogen) atoms. The average molecular weight is 297 g/mol. The van der Waals surface area contributed by atoms with Crippen LogP contribution in [0.3, 0.4) is 0 Å². The van der Waals surface area contributed by atoms with E-state index in [2.05, 4.69) is 22.2 Å². The van der Waals surface area contributed by atoms with Gasteiger partial charge in [-0.2, -0.15) is 0 Å². The molecule has 4 nitrogen and oxygen atoms in total. The lowest BCUT2D eigenvalue weighted by atomic mass is 10.2. The SMILES string of the molecule is CN1CCN(CCCNC(=O)c2cc(F)cc(F)c2)CC1. The van der Waals surface area contributed by atoms with Crippen molar-refractivity contribution in [3.63, 3.8) is 0 Å². The Morgan fingerprint density at radius 2 is 1.76 bits per heavy atom. The van der Waals surface area contributed by atoms with Gasteiger partial charge in [-0.1, -0.05) is 0 Å². The van der Waals surface area contributed by atoms with Crippen molar-refractivity contribution in [1.29, 1.82) is 0 Å². The summed E-state index contributed by atoms with van der Waals surface area (Å²) in [6, 6.07) is 2.84. The van der Waals surface area contributed by atoms with E-state index in [1.807, 2.05) is 0 Å². The van der Waals surface area contributed by atoms with Crippen LogP contribution in [0.5, 0.6) is 0 Å². The molecule has 1 amide bonds. The normalized spacial score (nSPS) is 16.9. The van der Waals surface area contributed by atoms with E-state index < -0.39 is 17.5 Å². The third kappa shape index (κ3) is 5.06. The molecule has 0 saturated carbocycles. The Morgan fingerprint density at radius 1 is 1.14 bits per heavy atom. The smallest absolute Gasteiger partial charge is 0.251 e. The van der Waals surface area contributed by atoms with E-state index in [0.29, 0.717) is 6.54 Å². The van der Waals surface area contributed by atoms with Gasteiger partial charge in [0.05, 0.1) is 0 Å². The minimum Gasteiger partial charge on any atom is -0.352 e. The van der Waals surface area contributed by atoms with Crippen LogP contribution in [0, 0.1) is 11.6 Å². The number of piperazine rings is 1. The van der Waals surface area contributed by atoms with Crippen molar-refractivity contribution in [2.24, 2.45) is 0 Å². The van der Waals surface area contributed by atoms with Gasteiger partial charge in [-0.3, -0.25) is 4.79 Å². The summed E-state index contributed by atoms with van der Waals surface area (Å²) in [6.45, 7) is 5.64. The van der Waals surface area contributed by atoms with Gasteiger partial charge >= 0.3 is 0 Å². The number of carbonyl (C=O) groups is 1. The van der Waals surface area contributed by atoms with Gasteiger partial charge < -0.3 is 15.1 Å². The molecule has 1 aromatic rings. The maximum atomic E-state index is 13.0. The van der Waals surface area contributed by atoms with E-state index in [1.165, 1.54) is 0 Å². The Labute approximate surface area is 123 Å². The fourth-order valence-electron chi connectivity index (χ4n) is 2.36. The van der Waals surface area contributed by atoms with E-state index >= 15 is 0 Å². The van der Waals surface area contributed by atoms with E-state index in [1.54, 1.807) is 0 Å². The molecule has 0 radical (unpaired) electrons. The molecule has 0 spiro atoms. The average Bonchev–Trinajstić information content (AvgIpc) is 2.44. The Kier molecular flexibility index (Phi) is 5.64. The summed E-state index contributed by atoms with van der Waals surface area (Å²) < 4.78 is 26.0. The highest BCUT2D eigenvalue weighted by Crippen LogP contribution is 2.07. The number of hydrogen-bond acceptors (Lipinski definition) is 3. The number of hydrogen-bond donors (Lipinski definition) is 1. The highest BCUT2D eigenvalue weighted by Gasteiger charge is 2.13. The monoisotopic (exact) mass is 297 g/mol. The molecule has 116 valence electrons. The van der Waals surface area contributed by atoms with Crippen LogP contribution in [0.2, 0.25) is 0 Å². The lowest BCUT2D eigenvalue weighted by Gasteiger charge is -2.32. The van der Waals surface area contributed by atoms with Crippen molar-refractivity contribution in [1.82, 2.24) is 15.1 Å². The third-order valence-electron chi connectivity index (χ3n) is 3.66. The summed E-state index contributed by atoms with van der Waals surface area (Å²) in [5, 5.41) is 2.69. The van der Waals surface area contributed by atoms with Gasteiger partial charge in [0.1, 0.15) is 11.6 Å². The quantitative estimate of drug-likeness (QED) is 0.833. The maximum Gasteiger partial charge on any atom is 0.251 e. The fraction of sp³-hybridized carbons (Fsp3) is 0.533. The molecule has 0 bridgehead atoms. The van der Waals surface area contributed by atoms with Crippen molar-refractivity contribution in [2.45, 2.75) is 6.42 Å². The summed E-state index contributed by atoms with van der Waals surface area (Å²) in [6.07, 6.45) is 0.827. The molecule has 0 aromatic heterocycles. The minimum atomic E-state index is -0.738. The summed E-state index contributed by atoms with van der Waals surface area (Å²) in [4.78, 5) is 16.4. The highest BCUT2D eigenvalue weighted by molar-refractivity contribution is 5.94. The summed E-state index contributed by atoms with van der Waals surface area (Å²) in [5.41, 5.74) is 0.0205.